The van der Waals surface area contributed by atoms with E-state index in [0.717, 1.165) is 22.6 Å². The van der Waals surface area contributed by atoms with Crippen LogP contribution in [0.2, 0.25) is 0 Å². The van der Waals surface area contributed by atoms with Crippen LogP contribution in [0, 0.1) is 5.92 Å². The van der Waals surface area contributed by atoms with Crippen LogP contribution in [-0.2, 0) is 16.6 Å². The molecule has 0 spiro atoms. The largest absolute Gasteiger partial charge is 0.330 e. The first-order valence-electron chi connectivity index (χ1n) is 7.97. The van der Waals surface area contributed by atoms with Crippen molar-refractivity contribution in [3.05, 3.63) is 48.3 Å². The summed E-state index contributed by atoms with van der Waals surface area (Å²) >= 11 is 0. The monoisotopic (exact) mass is 370 g/mol. The van der Waals surface area contributed by atoms with Gasteiger partial charge in [-0.2, -0.15) is 9.40 Å². The Morgan fingerprint density at radius 1 is 1.24 bits per heavy atom. The minimum Gasteiger partial charge on any atom is -0.330 e. The second-order valence-electron chi connectivity index (χ2n) is 6.12. The molecule has 0 bridgehead atoms. The fourth-order valence-corrected chi connectivity index (χ4v) is 4.69. The fourth-order valence-electron chi connectivity index (χ4n) is 3.21. The number of hydrogen-bond acceptors (Lipinski definition) is 4. The maximum atomic E-state index is 12.8. The van der Waals surface area contributed by atoms with Gasteiger partial charge in [0, 0.05) is 25.2 Å². The number of alkyl halides is 2. The van der Waals surface area contributed by atoms with Gasteiger partial charge in [-0.05, 0) is 18.0 Å². The van der Waals surface area contributed by atoms with Gasteiger partial charge < -0.3 is 5.73 Å². The van der Waals surface area contributed by atoms with Crippen molar-refractivity contribution in [1.29, 1.82) is 0 Å². The molecule has 2 heterocycles. The number of nitrogens with two attached hydrogens (primary N) is 1. The third kappa shape index (κ3) is 3.73. The van der Waals surface area contributed by atoms with E-state index in [1.807, 2.05) is 30.3 Å². The highest BCUT2D eigenvalue weighted by atomic mass is 32.2. The first kappa shape index (κ1) is 18.0. The van der Waals surface area contributed by atoms with Gasteiger partial charge in [0.2, 0.25) is 10.0 Å². The van der Waals surface area contributed by atoms with Gasteiger partial charge >= 0.3 is 0 Å². The zero-order valence-electron chi connectivity index (χ0n) is 13.5. The van der Waals surface area contributed by atoms with Crippen molar-refractivity contribution >= 4 is 10.0 Å². The summed E-state index contributed by atoms with van der Waals surface area (Å²) in [6, 6.07) is 9.65. The van der Waals surface area contributed by atoms with E-state index in [2.05, 4.69) is 5.10 Å². The van der Waals surface area contributed by atoms with Crippen molar-refractivity contribution in [2.75, 3.05) is 19.6 Å². The number of benzene rings is 1. The second-order valence-corrected chi connectivity index (χ2v) is 8.06. The zero-order chi connectivity index (χ0) is 18.0. The van der Waals surface area contributed by atoms with Crippen LogP contribution in [-0.4, -0.2) is 48.6 Å². The Bertz CT molecular complexity index is 811. The van der Waals surface area contributed by atoms with Crippen LogP contribution < -0.4 is 5.73 Å². The molecule has 1 aliphatic rings. The number of aromatic nitrogens is 2. The van der Waals surface area contributed by atoms with Gasteiger partial charge in [-0.15, -0.1) is 0 Å². The van der Waals surface area contributed by atoms with Crippen LogP contribution >= 0.6 is 0 Å². The molecular weight excluding hydrogens is 350 g/mol. The predicted octanol–water partition coefficient (Wildman–Crippen LogP) is 1.51. The van der Waals surface area contributed by atoms with Crippen LogP contribution in [0.25, 0.3) is 0 Å². The Morgan fingerprint density at radius 3 is 2.60 bits per heavy atom. The molecule has 2 atom stereocenters. The molecule has 6 nitrogen and oxygen atoms in total. The standard InChI is InChI=1S/C16H20F2N4O2S/c17-16(18)11-21-9-14(7-20-21)25(23,24)22-8-13(6-19)15(10-22)12-4-2-1-3-5-12/h1-5,7,9,13,15-16H,6,8,10-11,19H2/t13-,15+/m1/s1. The first-order valence-corrected chi connectivity index (χ1v) is 9.41. The van der Waals surface area contributed by atoms with E-state index in [0.29, 0.717) is 19.6 Å². The SMILES string of the molecule is NC[C@@H]1CN(S(=O)(=O)c2cnn(CC(F)F)c2)C[C@H]1c1ccccc1. The molecule has 25 heavy (non-hydrogen) atoms. The summed E-state index contributed by atoms with van der Waals surface area (Å²) in [5, 5.41) is 3.72. The quantitative estimate of drug-likeness (QED) is 0.836. The third-order valence-electron chi connectivity index (χ3n) is 4.51. The highest BCUT2D eigenvalue weighted by molar-refractivity contribution is 7.89. The van der Waals surface area contributed by atoms with Gasteiger partial charge in [-0.25, -0.2) is 17.2 Å². The summed E-state index contributed by atoms with van der Waals surface area (Å²) in [4.78, 5) is -0.0716. The highest BCUT2D eigenvalue weighted by Gasteiger charge is 2.39. The lowest BCUT2D eigenvalue weighted by Crippen LogP contribution is -2.29. The van der Waals surface area contributed by atoms with Crippen molar-refractivity contribution in [1.82, 2.24) is 14.1 Å². The summed E-state index contributed by atoms with van der Waals surface area (Å²) in [6.07, 6.45) is -0.328. The van der Waals surface area contributed by atoms with Crippen LogP contribution in [0.4, 0.5) is 8.78 Å². The molecule has 0 aliphatic carbocycles. The first-order chi connectivity index (χ1) is 11.9. The molecule has 0 unspecified atom stereocenters. The molecule has 9 heteroatoms. The molecule has 1 aliphatic heterocycles. The number of rotatable bonds is 6. The van der Waals surface area contributed by atoms with Crippen molar-refractivity contribution in [2.45, 2.75) is 23.8 Å². The van der Waals surface area contributed by atoms with Gasteiger partial charge in [-0.1, -0.05) is 30.3 Å². The van der Waals surface area contributed by atoms with Crippen LogP contribution in [0.5, 0.6) is 0 Å². The third-order valence-corrected chi connectivity index (χ3v) is 6.29. The fraction of sp³-hybridized carbons (Fsp3) is 0.438. The summed E-state index contributed by atoms with van der Waals surface area (Å²) in [6.45, 7) is 0.358. The number of nitrogens with zero attached hydrogens (tertiary/aromatic N) is 3. The predicted molar refractivity (Wildman–Crippen MR) is 88.7 cm³/mol. The molecular formula is C16H20F2N4O2S. The molecule has 0 amide bonds. The van der Waals surface area contributed by atoms with Crippen molar-refractivity contribution in [3.8, 4) is 0 Å². The van der Waals surface area contributed by atoms with Gasteiger partial charge in [0.05, 0.1) is 6.20 Å². The molecule has 1 aromatic heterocycles. The molecule has 0 radical (unpaired) electrons. The second kappa shape index (κ2) is 7.19. The lowest BCUT2D eigenvalue weighted by atomic mass is 9.89. The molecule has 1 fully saturated rings. The smallest absolute Gasteiger partial charge is 0.257 e. The van der Waals surface area contributed by atoms with E-state index in [-0.39, 0.29) is 16.7 Å². The molecule has 0 saturated carbocycles. The average molecular weight is 370 g/mol. The maximum Gasteiger partial charge on any atom is 0.257 e. The van der Waals surface area contributed by atoms with E-state index in [1.165, 1.54) is 4.31 Å². The molecule has 2 aromatic rings. The number of halogens is 2. The van der Waals surface area contributed by atoms with Gasteiger partial charge in [0.15, 0.2) is 0 Å². The molecule has 136 valence electrons. The minimum atomic E-state index is -3.79. The minimum absolute atomic E-state index is 0.00767. The number of sulfonamides is 1. The van der Waals surface area contributed by atoms with E-state index in [9.17, 15) is 17.2 Å². The van der Waals surface area contributed by atoms with Crippen LogP contribution in [0.3, 0.4) is 0 Å². The Hall–Kier alpha value is -1.84. The summed E-state index contributed by atoms with van der Waals surface area (Å²) in [5.74, 6) is 0.0189. The summed E-state index contributed by atoms with van der Waals surface area (Å²) in [5.41, 5.74) is 6.89. The van der Waals surface area contributed by atoms with Crippen molar-refractivity contribution in [2.24, 2.45) is 11.7 Å². The van der Waals surface area contributed by atoms with E-state index in [4.69, 9.17) is 5.73 Å². The molecule has 2 N–H and O–H groups in total. The lowest BCUT2D eigenvalue weighted by Gasteiger charge is -2.16. The van der Waals surface area contributed by atoms with E-state index < -0.39 is 23.0 Å². The molecule has 1 saturated heterocycles. The van der Waals surface area contributed by atoms with Crippen LogP contribution in [0.1, 0.15) is 11.5 Å². The topological polar surface area (TPSA) is 81.2 Å². The number of hydrogen-bond donors (Lipinski definition) is 1. The van der Waals surface area contributed by atoms with Crippen LogP contribution in [0.15, 0.2) is 47.6 Å². The average Bonchev–Trinajstić information content (AvgIpc) is 3.22. The lowest BCUT2D eigenvalue weighted by molar-refractivity contribution is 0.121. The van der Waals surface area contributed by atoms with E-state index in [1.54, 1.807) is 0 Å². The Kier molecular flexibility index (Phi) is 5.16. The van der Waals surface area contributed by atoms with E-state index >= 15 is 0 Å². The Labute approximate surface area is 145 Å². The van der Waals surface area contributed by atoms with Gasteiger partial charge in [0.25, 0.3) is 6.43 Å². The van der Waals surface area contributed by atoms with Crippen molar-refractivity contribution in [3.63, 3.8) is 0 Å². The normalized spacial score (nSPS) is 21.9. The summed E-state index contributed by atoms with van der Waals surface area (Å²) < 4.78 is 52.8. The van der Waals surface area contributed by atoms with Gasteiger partial charge in [-0.3, -0.25) is 4.68 Å². The Morgan fingerprint density at radius 2 is 1.96 bits per heavy atom. The molecule has 1 aromatic carbocycles. The Balaban J connectivity index is 1.82. The van der Waals surface area contributed by atoms with Crippen molar-refractivity contribution < 1.29 is 17.2 Å². The zero-order valence-corrected chi connectivity index (χ0v) is 14.3. The summed E-state index contributed by atoms with van der Waals surface area (Å²) in [7, 11) is -3.79. The molecule has 3 rings (SSSR count). The van der Waals surface area contributed by atoms with Gasteiger partial charge in [0.1, 0.15) is 11.4 Å². The maximum absolute atomic E-state index is 12.8. The highest BCUT2D eigenvalue weighted by Crippen LogP contribution is 2.35.